The Morgan fingerprint density at radius 3 is 1.14 bits per heavy atom. The molecule has 0 saturated carbocycles. The fraction of sp³-hybridized carbons (Fsp3) is 0.0667. The first kappa shape index (κ1) is 25.4. The molecular formula is C30H26O4S2. The van der Waals surface area contributed by atoms with Crippen LogP contribution in [0.15, 0.2) is 107 Å². The molecular weight excluding hydrogens is 488 g/mol. The van der Waals surface area contributed by atoms with Gasteiger partial charge in [-0.05, 0) is 59.4 Å². The number of hydrogen-bond acceptors (Lipinski definition) is 4. The Labute approximate surface area is 212 Å². The van der Waals surface area contributed by atoms with Gasteiger partial charge in [0.25, 0.3) is 17.7 Å². The Morgan fingerprint density at radius 2 is 0.778 bits per heavy atom. The van der Waals surface area contributed by atoms with Crippen molar-refractivity contribution in [1.82, 2.24) is 0 Å². The fourth-order valence-electron chi connectivity index (χ4n) is 3.73. The molecule has 0 atom stereocenters. The van der Waals surface area contributed by atoms with E-state index in [0.29, 0.717) is 22.3 Å². The van der Waals surface area contributed by atoms with E-state index < -0.39 is 17.7 Å². The summed E-state index contributed by atoms with van der Waals surface area (Å²) in [4.78, 5) is -0.440. The van der Waals surface area contributed by atoms with E-state index in [1.54, 1.807) is 50.3 Å². The van der Waals surface area contributed by atoms with Gasteiger partial charge < -0.3 is 0 Å². The van der Waals surface area contributed by atoms with E-state index in [1.807, 2.05) is 72.8 Å². The van der Waals surface area contributed by atoms with Gasteiger partial charge in [0, 0.05) is 0 Å². The third kappa shape index (κ3) is 5.40. The summed E-state index contributed by atoms with van der Waals surface area (Å²) in [5, 5.41) is 0. The van der Waals surface area contributed by atoms with Crippen molar-refractivity contribution in [3.63, 3.8) is 0 Å². The maximum Gasteiger partial charge on any atom is 0.286 e. The summed E-state index contributed by atoms with van der Waals surface area (Å²) in [5.41, 5.74) is 3.82. The number of aryl methyl sites for hydroxylation is 2. The molecule has 4 rings (SSSR count). The van der Waals surface area contributed by atoms with Crippen LogP contribution in [0.4, 0.5) is 0 Å². The average molecular weight is 515 g/mol. The molecule has 0 aliphatic heterocycles. The molecule has 0 bridgehead atoms. The summed E-state index contributed by atoms with van der Waals surface area (Å²) >= 11 is 0. The number of rotatable bonds is 7. The van der Waals surface area contributed by atoms with Crippen LogP contribution in [-0.4, -0.2) is 16.8 Å². The standard InChI is InChI=1S/C30H26O4S2/c1-23-13-15-27(19-17-25-9-5-3-6-10-25)21-29(23)35(31,32)36(33,34)30-22-28(16-14-24(30)2)20-18-26-11-7-4-8-12-26/h3-22H,1-2H3. The van der Waals surface area contributed by atoms with Crippen molar-refractivity contribution >= 4 is 42.0 Å². The minimum absolute atomic E-state index is 0.220. The van der Waals surface area contributed by atoms with E-state index in [9.17, 15) is 16.8 Å². The van der Waals surface area contributed by atoms with Crippen LogP contribution in [0.3, 0.4) is 0 Å². The summed E-state index contributed by atoms with van der Waals surface area (Å²) in [6, 6.07) is 28.7. The molecule has 0 unspecified atom stereocenters. The second-order valence-electron chi connectivity index (χ2n) is 8.45. The molecule has 4 aromatic rings. The average Bonchev–Trinajstić information content (AvgIpc) is 2.88. The molecule has 0 amide bonds. The minimum atomic E-state index is -4.72. The smallest absolute Gasteiger partial charge is 0.207 e. The highest BCUT2D eigenvalue weighted by molar-refractivity contribution is 8.67. The van der Waals surface area contributed by atoms with Crippen LogP contribution in [0, 0.1) is 13.8 Å². The van der Waals surface area contributed by atoms with Gasteiger partial charge in [-0.1, -0.05) is 109 Å². The molecule has 0 N–H and O–H groups in total. The number of benzene rings is 4. The van der Waals surface area contributed by atoms with E-state index in [0.717, 1.165) is 11.1 Å². The van der Waals surface area contributed by atoms with Gasteiger partial charge in [-0.25, -0.2) is 16.8 Å². The topological polar surface area (TPSA) is 68.3 Å². The second kappa shape index (κ2) is 10.5. The van der Waals surface area contributed by atoms with Crippen LogP contribution in [0.2, 0.25) is 0 Å². The van der Waals surface area contributed by atoms with Gasteiger partial charge >= 0.3 is 0 Å². The van der Waals surface area contributed by atoms with E-state index in [2.05, 4.69) is 0 Å². The molecule has 4 nitrogen and oxygen atoms in total. The predicted octanol–water partition coefficient (Wildman–Crippen LogP) is 6.81. The van der Waals surface area contributed by atoms with Crippen molar-refractivity contribution < 1.29 is 16.8 Å². The number of hydrogen-bond donors (Lipinski definition) is 0. The Bertz CT molecular complexity index is 1520. The second-order valence-corrected chi connectivity index (χ2v) is 13.8. The Morgan fingerprint density at radius 1 is 0.444 bits per heavy atom. The lowest BCUT2D eigenvalue weighted by atomic mass is 10.1. The first-order valence-corrected chi connectivity index (χ1v) is 14.8. The molecule has 182 valence electrons. The third-order valence-electron chi connectivity index (χ3n) is 5.79. The lowest BCUT2D eigenvalue weighted by molar-refractivity contribution is 0.582. The summed E-state index contributed by atoms with van der Waals surface area (Å²) in [5.74, 6) is 0. The SMILES string of the molecule is Cc1ccc(C=Cc2ccccc2)cc1S(=O)(=O)S(=O)(=O)c1cc(C=Cc2ccccc2)ccc1C. The maximum absolute atomic E-state index is 13.5. The zero-order valence-corrected chi connectivity index (χ0v) is 21.6. The molecule has 36 heavy (non-hydrogen) atoms. The molecule has 0 aliphatic carbocycles. The van der Waals surface area contributed by atoms with Gasteiger partial charge in [0.05, 0.1) is 9.79 Å². The summed E-state index contributed by atoms with van der Waals surface area (Å²) in [6.07, 6.45) is 7.23. The quantitative estimate of drug-likeness (QED) is 0.201. The molecule has 0 heterocycles. The highest BCUT2D eigenvalue weighted by Crippen LogP contribution is 2.31. The molecule has 0 aromatic heterocycles. The first-order valence-electron chi connectivity index (χ1n) is 11.4. The summed E-state index contributed by atoms with van der Waals surface area (Å²) in [7, 11) is -9.44. The van der Waals surface area contributed by atoms with E-state index >= 15 is 0 Å². The van der Waals surface area contributed by atoms with Gasteiger partial charge in [0.1, 0.15) is 0 Å². The summed E-state index contributed by atoms with van der Waals surface area (Å²) in [6.45, 7) is 3.19. The van der Waals surface area contributed by atoms with Gasteiger partial charge in [-0.15, -0.1) is 0 Å². The lowest BCUT2D eigenvalue weighted by Crippen LogP contribution is -2.18. The Kier molecular flexibility index (Phi) is 7.38. The molecule has 0 radical (unpaired) electrons. The Hall–Kier alpha value is -3.74. The third-order valence-corrected chi connectivity index (χ3v) is 11.1. The zero-order valence-electron chi connectivity index (χ0n) is 20.0. The van der Waals surface area contributed by atoms with Crippen molar-refractivity contribution in [2.75, 3.05) is 0 Å². The lowest BCUT2D eigenvalue weighted by Gasteiger charge is -2.12. The minimum Gasteiger partial charge on any atom is -0.207 e. The maximum atomic E-state index is 13.5. The van der Waals surface area contributed by atoms with Crippen LogP contribution in [0.1, 0.15) is 33.4 Å². The van der Waals surface area contributed by atoms with Gasteiger partial charge in [0.2, 0.25) is 0 Å². The molecule has 0 aliphatic rings. The van der Waals surface area contributed by atoms with Gasteiger partial charge in [-0.2, -0.15) is 0 Å². The first-order chi connectivity index (χ1) is 17.2. The molecule has 0 spiro atoms. The van der Waals surface area contributed by atoms with Crippen LogP contribution in [0.5, 0.6) is 0 Å². The largest absolute Gasteiger partial charge is 0.286 e. The van der Waals surface area contributed by atoms with Gasteiger partial charge in [-0.3, -0.25) is 0 Å². The normalized spacial score (nSPS) is 12.4. The van der Waals surface area contributed by atoms with E-state index in [-0.39, 0.29) is 9.79 Å². The Balaban J connectivity index is 1.72. The molecule has 0 saturated heterocycles. The van der Waals surface area contributed by atoms with Crippen LogP contribution in [-0.2, 0) is 17.7 Å². The van der Waals surface area contributed by atoms with Crippen molar-refractivity contribution in [1.29, 1.82) is 0 Å². The van der Waals surface area contributed by atoms with E-state index in [1.165, 1.54) is 12.1 Å². The van der Waals surface area contributed by atoms with Gasteiger partial charge in [0.15, 0.2) is 0 Å². The van der Waals surface area contributed by atoms with Crippen molar-refractivity contribution in [2.45, 2.75) is 23.6 Å². The van der Waals surface area contributed by atoms with Crippen molar-refractivity contribution in [2.24, 2.45) is 0 Å². The molecule has 6 heteroatoms. The fourth-order valence-corrected chi connectivity index (χ4v) is 8.18. The highest BCUT2D eigenvalue weighted by Gasteiger charge is 2.36. The van der Waals surface area contributed by atoms with Crippen molar-refractivity contribution in [3.05, 3.63) is 130 Å². The predicted molar refractivity (Wildman–Crippen MR) is 147 cm³/mol. The zero-order chi connectivity index (χ0) is 25.8. The van der Waals surface area contributed by atoms with E-state index in [4.69, 9.17) is 0 Å². The summed E-state index contributed by atoms with van der Waals surface area (Å²) < 4.78 is 54.1. The van der Waals surface area contributed by atoms with Crippen LogP contribution < -0.4 is 0 Å². The monoisotopic (exact) mass is 514 g/mol. The van der Waals surface area contributed by atoms with Crippen LogP contribution in [0.25, 0.3) is 24.3 Å². The van der Waals surface area contributed by atoms with Crippen LogP contribution >= 0.6 is 0 Å². The highest BCUT2D eigenvalue weighted by atomic mass is 33.2. The molecule has 4 aromatic carbocycles. The molecule has 0 fully saturated rings. The van der Waals surface area contributed by atoms with Crippen molar-refractivity contribution in [3.8, 4) is 0 Å².